The lowest BCUT2D eigenvalue weighted by Gasteiger charge is -2.40. The number of carbonyl (C=O) groups excluding carboxylic acids is 3. The Balaban J connectivity index is 1.63. The Morgan fingerprint density at radius 1 is 1.16 bits per heavy atom. The van der Waals surface area contributed by atoms with Crippen molar-refractivity contribution in [1.82, 2.24) is 14.7 Å². The zero-order valence-electron chi connectivity index (χ0n) is 17.9. The topological polar surface area (TPSA) is 82.5 Å². The minimum absolute atomic E-state index is 0.106. The number of hydrogen-bond acceptors (Lipinski definition) is 7. The molecule has 0 spiro atoms. The summed E-state index contributed by atoms with van der Waals surface area (Å²) in [5.74, 6) is -0.519. The molecule has 1 saturated heterocycles. The van der Waals surface area contributed by atoms with Crippen LogP contribution in [0.4, 0.5) is 4.79 Å². The molecule has 0 N–H and O–H groups in total. The lowest BCUT2D eigenvalue weighted by Crippen LogP contribution is -2.64. The van der Waals surface area contributed by atoms with Crippen molar-refractivity contribution in [3.05, 3.63) is 34.9 Å². The van der Waals surface area contributed by atoms with Crippen molar-refractivity contribution >= 4 is 46.4 Å². The number of ether oxygens (including phenoxy) is 1. The monoisotopic (exact) mass is 466 g/mol. The molecule has 2 heterocycles. The molecule has 10 heteroatoms. The zero-order valence-corrected chi connectivity index (χ0v) is 19.5. The molecule has 3 amide bonds. The molecule has 0 aliphatic carbocycles. The van der Waals surface area contributed by atoms with E-state index in [1.165, 1.54) is 21.6 Å². The van der Waals surface area contributed by atoms with Gasteiger partial charge in [-0.05, 0) is 24.1 Å². The van der Waals surface area contributed by atoms with Gasteiger partial charge in [-0.1, -0.05) is 55.3 Å². The molecule has 168 valence electrons. The molecule has 0 saturated carbocycles. The van der Waals surface area contributed by atoms with Crippen molar-refractivity contribution < 1.29 is 19.1 Å². The van der Waals surface area contributed by atoms with Gasteiger partial charge in [0.1, 0.15) is 0 Å². The van der Waals surface area contributed by atoms with Gasteiger partial charge in [-0.2, -0.15) is 0 Å². The van der Waals surface area contributed by atoms with Crippen molar-refractivity contribution in [2.45, 2.75) is 44.9 Å². The predicted molar refractivity (Wildman–Crippen MR) is 121 cm³/mol. The van der Waals surface area contributed by atoms with Crippen LogP contribution in [-0.2, 0) is 20.9 Å². The number of amidine groups is 1. The summed E-state index contributed by atoms with van der Waals surface area (Å²) in [5.41, 5.74) is 0.805. The highest BCUT2D eigenvalue weighted by Crippen LogP contribution is 2.30. The molecule has 3 rings (SSSR count). The number of hydrogen-bond donors (Lipinski definition) is 0. The number of thioether (sulfide) groups is 1. The summed E-state index contributed by atoms with van der Waals surface area (Å²) in [7, 11) is 3.39. The average molecular weight is 467 g/mol. The van der Waals surface area contributed by atoms with Gasteiger partial charge in [-0.25, -0.2) is 9.79 Å². The maximum Gasteiger partial charge on any atom is 0.328 e. The first-order valence-electron chi connectivity index (χ1n) is 10.2. The van der Waals surface area contributed by atoms with Crippen molar-refractivity contribution in [2.24, 2.45) is 4.99 Å². The van der Waals surface area contributed by atoms with Crippen LogP contribution in [0.1, 0.15) is 31.7 Å². The van der Waals surface area contributed by atoms with E-state index in [0.717, 1.165) is 24.8 Å². The molecular formula is C21H27ClN4O4S. The van der Waals surface area contributed by atoms with Crippen LogP contribution in [0.3, 0.4) is 0 Å². The number of imide groups is 1. The largest absolute Gasteiger partial charge is 0.465 e. The smallest absolute Gasteiger partial charge is 0.328 e. The Labute approximate surface area is 191 Å². The number of halogens is 1. The summed E-state index contributed by atoms with van der Waals surface area (Å²) in [6.45, 7) is 2.66. The number of urea groups is 1. The van der Waals surface area contributed by atoms with Crippen molar-refractivity contribution in [3.63, 3.8) is 0 Å². The zero-order chi connectivity index (χ0) is 22.5. The second kappa shape index (κ2) is 10.4. The highest BCUT2D eigenvalue weighted by atomic mass is 35.5. The van der Waals surface area contributed by atoms with E-state index in [1.54, 1.807) is 43.3 Å². The molecule has 0 radical (unpaired) electrons. The number of benzene rings is 1. The number of likely N-dealkylation sites (N-methyl/N-ethyl adjacent to an activating group) is 2. The number of fused-ring (bicyclic) bond motifs is 1. The highest BCUT2D eigenvalue weighted by Gasteiger charge is 2.51. The van der Waals surface area contributed by atoms with E-state index in [1.807, 2.05) is 0 Å². The number of nitrogens with zero attached hydrogens (tertiary/aromatic N) is 4. The molecule has 31 heavy (non-hydrogen) atoms. The quantitative estimate of drug-likeness (QED) is 0.432. The first kappa shape index (κ1) is 23.4. The Morgan fingerprint density at radius 3 is 2.55 bits per heavy atom. The van der Waals surface area contributed by atoms with Crippen molar-refractivity contribution in [2.75, 3.05) is 26.5 Å². The van der Waals surface area contributed by atoms with Crippen LogP contribution in [-0.4, -0.2) is 76.4 Å². The molecule has 1 aromatic rings. The standard InChI is InChI=1S/C21H27ClN4O4S/c1-4-5-6-11-30-16(27)13-31-20-23-18-17(24(20)2)19(28)26(21(29)25(18)3)12-14-7-9-15(22)10-8-14/h7-10,17-18H,4-6,11-13H2,1-3H3. The molecule has 2 aliphatic rings. The fourth-order valence-electron chi connectivity index (χ4n) is 3.50. The van der Waals surface area contributed by atoms with Gasteiger partial charge in [0.25, 0.3) is 5.91 Å². The molecule has 0 bridgehead atoms. The summed E-state index contributed by atoms with van der Waals surface area (Å²) in [5, 5.41) is 1.13. The Bertz CT molecular complexity index is 863. The number of esters is 1. The van der Waals surface area contributed by atoms with E-state index in [2.05, 4.69) is 11.9 Å². The molecule has 1 aromatic carbocycles. The number of aliphatic imine (C=N–C) groups is 1. The van der Waals surface area contributed by atoms with Crippen LogP contribution in [0.2, 0.25) is 5.02 Å². The summed E-state index contributed by atoms with van der Waals surface area (Å²) in [4.78, 5) is 47.0. The van der Waals surface area contributed by atoms with Gasteiger partial charge in [-0.3, -0.25) is 14.5 Å². The van der Waals surface area contributed by atoms with E-state index in [-0.39, 0.29) is 24.2 Å². The minimum atomic E-state index is -0.627. The molecule has 2 atom stereocenters. The van der Waals surface area contributed by atoms with Gasteiger partial charge in [0.2, 0.25) is 0 Å². The van der Waals surface area contributed by atoms with Crippen molar-refractivity contribution in [3.8, 4) is 0 Å². The normalized spacial score (nSPS) is 20.8. The van der Waals surface area contributed by atoms with Gasteiger partial charge in [0.15, 0.2) is 17.4 Å². The summed E-state index contributed by atoms with van der Waals surface area (Å²) in [6.07, 6.45) is 2.32. The Hall–Kier alpha value is -2.26. The predicted octanol–water partition coefficient (Wildman–Crippen LogP) is 3.20. The van der Waals surface area contributed by atoms with E-state index < -0.39 is 18.2 Å². The number of carbonyl (C=O) groups is 3. The number of unbranched alkanes of at least 4 members (excludes halogenated alkanes) is 2. The van der Waals surface area contributed by atoms with Crippen molar-refractivity contribution in [1.29, 1.82) is 0 Å². The van der Waals surface area contributed by atoms with Gasteiger partial charge in [0.05, 0.1) is 18.9 Å². The molecule has 8 nitrogen and oxygen atoms in total. The van der Waals surface area contributed by atoms with E-state index in [4.69, 9.17) is 16.3 Å². The third kappa shape index (κ3) is 5.33. The average Bonchev–Trinajstić information content (AvgIpc) is 3.09. The third-order valence-corrected chi connectivity index (χ3v) is 6.56. The fourth-order valence-corrected chi connectivity index (χ4v) is 4.46. The molecule has 2 aliphatic heterocycles. The first-order chi connectivity index (χ1) is 14.8. The Kier molecular flexibility index (Phi) is 7.83. The summed E-state index contributed by atoms with van der Waals surface area (Å²) in [6, 6.07) is 6.00. The second-order valence-corrected chi connectivity index (χ2v) is 8.92. The Morgan fingerprint density at radius 2 is 1.87 bits per heavy atom. The number of rotatable bonds is 8. The third-order valence-electron chi connectivity index (χ3n) is 5.28. The maximum absolute atomic E-state index is 13.2. The van der Waals surface area contributed by atoms with Gasteiger partial charge >= 0.3 is 12.0 Å². The highest BCUT2D eigenvalue weighted by molar-refractivity contribution is 8.14. The van der Waals surface area contributed by atoms with Crippen LogP contribution >= 0.6 is 23.4 Å². The van der Waals surface area contributed by atoms with Crippen LogP contribution in [0, 0.1) is 0 Å². The fraction of sp³-hybridized carbons (Fsp3) is 0.524. The lowest BCUT2D eigenvalue weighted by molar-refractivity contribution is -0.140. The summed E-state index contributed by atoms with van der Waals surface area (Å²) < 4.78 is 5.23. The van der Waals surface area contributed by atoms with Gasteiger partial charge < -0.3 is 14.5 Å². The first-order valence-corrected chi connectivity index (χ1v) is 11.6. The second-order valence-electron chi connectivity index (χ2n) is 7.54. The molecule has 1 fully saturated rings. The SMILES string of the molecule is CCCCCOC(=O)CSC1=NC2C(C(=O)N(Cc3ccc(Cl)cc3)C(=O)N2C)N1C. The molecule has 2 unspecified atom stereocenters. The van der Waals surface area contributed by atoms with Gasteiger partial charge in [0, 0.05) is 19.1 Å². The minimum Gasteiger partial charge on any atom is -0.465 e. The van der Waals surface area contributed by atoms with Crippen LogP contribution in [0.25, 0.3) is 0 Å². The molecule has 0 aromatic heterocycles. The number of amides is 3. The van der Waals surface area contributed by atoms with Gasteiger partial charge in [-0.15, -0.1) is 0 Å². The van der Waals surface area contributed by atoms with E-state index in [0.29, 0.717) is 16.8 Å². The maximum atomic E-state index is 13.2. The molecular weight excluding hydrogens is 440 g/mol. The van der Waals surface area contributed by atoms with E-state index in [9.17, 15) is 14.4 Å². The van der Waals surface area contributed by atoms with Crippen LogP contribution in [0.15, 0.2) is 29.3 Å². The lowest BCUT2D eigenvalue weighted by atomic mass is 10.1. The summed E-state index contributed by atoms with van der Waals surface area (Å²) >= 11 is 7.14. The van der Waals surface area contributed by atoms with E-state index >= 15 is 0 Å². The van der Waals surface area contributed by atoms with Crippen LogP contribution < -0.4 is 0 Å². The van der Waals surface area contributed by atoms with Crippen LogP contribution in [0.5, 0.6) is 0 Å².